The van der Waals surface area contributed by atoms with Crippen LogP contribution in [0, 0.1) is 29.1 Å². The normalized spacial score (nSPS) is 38.9. The molecule has 3 saturated carbocycles. The lowest BCUT2D eigenvalue weighted by Crippen LogP contribution is -2.59. The summed E-state index contributed by atoms with van der Waals surface area (Å²) in [6, 6.07) is 12.0. The second kappa shape index (κ2) is 5.80. The standard InChI is InChI=1S/C12H19NO2.C6H6/c13-6-12(5-11(14)15)9-2-1-7-3-8(9)10(12)4-7;1-2-4-6-5-3-1/h7-10H,1-6,13H2,(H,14,15);1-6H/t7-,8-,9+,10-,12-;/m0./s1. The molecule has 0 spiro atoms. The van der Waals surface area contributed by atoms with E-state index < -0.39 is 5.97 Å². The largest absolute Gasteiger partial charge is 0.481 e. The fourth-order valence-corrected chi connectivity index (χ4v) is 5.32. The van der Waals surface area contributed by atoms with Gasteiger partial charge in [-0.25, -0.2) is 0 Å². The molecule has 3 nitrogen and oxygen atoms in total. The predicted molar refractivity (Wildman–Crippen MR) is 82.6 cm³/mol. The maximum Gasteiger partial charge on any atom is 0.303 e. The summed E-state index contributed by atoms with van der Waals surface area (Å²) >= 11 is 0. The number of carboxylic acids is 1. The first-order chi connectivity index (χ1) is 10.2. The molecule has 114 valence electrons. The monoisotopic (exact) mass is 287 g/mol. The Morgan fingerprint density at radius 1 is 1.05 bits per heavy atom. The first-order valence-corrected chi connectivity index (χ1v) is 8.09. The quantitative estimate of drug-likeness (QED) is 0.897. The number of carboxylic acid groups (broad SMARTS) is 1. The highest BCUT2D eigenvalue weighted by Gasteiger charge is 2.65. The minimum absolute atomic E-state index is 0.0260. The summed E-state index contributed by atoms with van der Waals surface area (Å²) in [6.07, 6.45) is 5.47. The third kappa shape index (κ3) is 2.48. The van der Waals surface area contributed by atoms with Crippen LogP contribution in [0.4, 0.5) is 0 Å². The molecular weight excluding hydrogens is 262 g/mol. The number of fused-ring (bicyclic) bond motifs is 1. The highest BCUT2D eigenvalue weighted by atomic mass is 16.4. The van der Waals surface area contributed by atoms with Gasteiger partial charge in [0.05, 0.1) is 6.42 Å². The molecule has 0 heterocycles. The second-order valence-electron chi connectivity index (χ2n) is 6.95. The Hall–Kier alpha value is -1.35. The van der Waals surface area contributed by atoms with Gasteiger partial charge in [-0.3, -0.25) is 4.79 Å². The van der Waals surface area contributed by atoms with Crippen molar-refractivity contribution < 1.29 is 9.90 Å². The van der Waals surface area contributed by atoms with E-state index in [9.17, 15) is 4.79 Å². The van der Waals surface area contributed by atoms with Crippen molar-refractivity contribution >= 4 is 5.97 Å². The second-order valence-corrected chi connectivity index (χ2v) is 6.95. The van der Waals surface area contributed by atoms with Crippen molar-refractivity contribution in [2.75, 3.05) is 6.54 Å². The van der Waals surface area contributed by atoms with E-state index in [2.05, 4.69) is 0 Å². The minimum atomic E-state index is -0.658. The van der Waals surface area contributed by atoms with Crippen molar-refractivity contribution in [3.8, 4) is 0 Å². The molecule has 3 aliphatic rings. The van der Waals surface area contributed by atoms with E-state index in [1.807, 2.05) is 36.4 Å². The molecule has 0 radical (unpaired) electrons. The Labute approximate surface area is 126 Å². The molecule has 3 fully saturated rings. The highest BCUT2D eigenvalue weighted by molar-refractivity contribution is 5.68. The summed E-state index contributed by atoms with van der Waals surface area (Å²) in [5.41, 5.74) is 5.87. The predicted octanol–water partition coefficient (Wildman–Crippen LogP) is 3.16. The molecule has 3 heteroatoms. The molecule has 0 aliphatic heterocycles. The molecule has 3 N–H and O–H groups in total. The van der Waals surface area contributed by atoms with Crippen LogP contribution in [0.25, 0.3) is 0 Å². The van der Waals surface area contributed by atoms with Gasteiger partial charge in [-0.15, -0.1) is 0 Å². The summed E-state index contributed by atoms with van der Waals surface area (Å²) in [6.45, 7) is 0.581. The smallest absolute Gasteiger partial charge is 0.303 e. The molecule has 4 rings (SSSR count). The summed E-state index contributed by atoms with van der Waals surface area (Å²) in [7, 11) is 0. The fraction of sp³-hybridized carbons (Fsp3) is 0.611. The highest BCUT2D eigenvalue weighted by Crippen LogP contribution is 2.70. The Morgan fingerprint density at radius 3 is 2.19 bits per heavy atom. The Kier molecular flexibility index (Phi) is 4.03. The average Bonchev–Trinajstić information content (AvgIpc) is 2.69. The fourth-order valence-electron chi connectivity index (χ4n) is 5.32. The van der Waals surface area contributed by atoms with Gasteiger partial charge in [0, 0.05) is 0 Å². The van der Waals surface area contributed by atoms with E-state index >= 15 is 0 Å². The van der Waals surface area contributed by atoms with Gasteiger partial charge >= 0.3 is 5.97 Å². The van der Waals surface area contributed by atoms with Crippen molar-refractivity contribution in [2.45, 2.75) is 32.1 Å². The molecule has 1 aromatic rings. The van der Waals surface area contributed by atoms with E-state index in [4.69, 9.17) is 10.8 Å². The van der Waals surface area contributed by atoms with E-state index in [0.717, 1.165) is 11.8 Å². The molecule has 0 amide bonds. The number of nitrogens with two attached hydrogens (primary N) is 1. The van der Waals surface area contributed by atoms with E-state index in [0.29, 0.717) is 24.8 Å². The van der Waals surface area contributed by atoms with Crippen molar-refractivity contribution in [1.29, 1.82) is 0 Å². The zero-order valence-corrected chi connectivity index (χ0v) is 12.4. The molecule has 0 aromatic heterocycles. The lowest BCUT2D eigenvalue weighted by Gasteiger charge is -2.59. The maximum absolute atomic E-state index is 11.0. The molecule has 5 atom stereocenters. The third-order valence-corrected chi connectivity index (χ3v) is 6.12. The van der Waals surface area contributed by atoms with Gasteiger partial charge in [-0.05, 0) is 54.9 Å². The number of hydrogen-bond acceptors (Lipinski definition) is 2. The molecule has 1 aromatic carbocycles. The molecule has 3 aliphatic carbocycles. The van der Waals surface area contributed by atoms with Crippen LogP contribution in [0.2, 0.25) is 0 Å². The van der Waals surface area contributed by atoms with Gasteiger partial charge in [0.1, 0.15) is 0 Å². The van der Waals surface area contributed by atoms with Crippen molar-refractivity contribution in [3.05, 3.63) is 36.4 Å². The number of rotatable bonds is 3. The van der Waals surface area contributed by atoms with Crippen LogP contribution >= 0.6 is 0 Å². The van der Waals surface area contributed by atoms with Gasteiger partial charge in [0.15, 0.2) is 0 Å². The average molecular weight is 287 g/mol. The summed E-state index contributed by atoms with van der Waals surface area (Å²) < 4.78 is 0. The molecule has 21 heavy (non-hydrogen) atoms. The van der Waals surface area contributed by atoms with Crippen LogP contribution in [0.1, 0.15) is 32.1 Å². The van der Waals surface area contributed by atoms with Gasteiger partial charge in [-0.1, -0.05) is 42.8 Å². The summed E-state index contributed by atoms with van der Waals surface area (Å²) in [5.74, 6) is 2.32. The van der Waals surface area contributed by atoms with E-state index in [-0.39, 0.29) is 5.41 Å². The number of aliphatic carboxylic acids is 1. The van der Waals surface area contributed by atoms with Crippen LogP contribution in [0.15, 0.2) is 36.4 Å². The van der Waals surface area contributed by atoms with Crippen molar-refractivity contribution in [1.82, 2.24) is 0 Å². The Bertz CT molecular complexity index is 455. The summed E-state index contributed by atoms with van der Waals surface area (Å²) in [5, 5.41) is 9.04. The van der Waals surface area contributed by atoms with Gasteiger partial charge in [0.2, 0.25) is 0 Å². The van der Waals surface area contributed by atoms with Crippen LogP contribution < -0.4 is 5.73 Å². The van der Waals surface area contributed by atoms with Gasteiger partial charge < -0.3 is 10.8 Å². The Balaban J connectivity index is 0.000000186. The van der Waals surface area contributed by atoms with Gasteiger partial charge in [0.25, 0.3) is 0 Å². The first-order valence-electron chi connectivity index (χ1n) is 8.09. The zero-order valence-electron chi connectivity index (χ0n) is 12.4. The van der Waals surface area contributed by atoms with E-state index in [1.54, 1.807) is 0 Å². The molecule has 0 unspecified atom stereocenters. The SMILES string of the molecule is NC[C@@]1(CC(=O)O)[C@@H]2CC[C@H]3C[C@@H]2[C@@H]1C3.c1ccccc1. The molecular formula is C18H25NO2. The molecule has 2 bridgehead atoms. The lowest BCUT2D eigenvalue weighted by atomic mass is 9.45. The maximum atomic E-state index is 11.0. The zero-order chi connectivity index (χ0) is 14.9. The topological polar surface area (TPSA) is 63.3 Å². The van der Waals surface area contributed by atoms with Crippen molar-refractivity contribution in [3.63, 3.8) is 0 Å². The Morgan fingerprint density at radius 2 is 1.67 bits per heavy atom. The third-order valence-electron chi connectivity index (χ3n) is 6.12. The van der Waals surface area contributed by atoms with Crippen molar-refractivity contribution in [2.24, 2.45) is 34.8 Å². The van der Waals surface area contributed by atoms with Crippen LogP contribution in [0.3, 0.4) is 0 Å². The number of hydrogen-bond donors (Lipinski definition) is 2. The van der Waals surface area contributed by atoms with Crippen LogP contribution in [-0.2, 0) is 4.79 Å². The van der Waals surface area contributed by atoms with E-state index in [1.165, 1.54) is 25.7 Å². The van der Waals surface area contributed by atoms with Crippen LogP contribution in [-0.4, -0.2) is 17.6 Å². The minimum Gasteiger partial charge on any atom is -0.481 e. The first kappa shape index (κ1) is 14.6. The lowest BCUT2D eigenvalue weighted by molar-refractivity contribution is -0.156. The van der Waals surface area contributed by atoms with Gasteiger partial charge in [-0.2, -0.15) is 0 Å². The van der Waals surface area contributed by atoms with Crippen LogP contribution in [0.5, 0.6) is 0 Å². The number of benzene rings is 1. The number of carbonyl (C=O) groups is 1. The summed E-state index contributed by atoms with van der Waals surface area (Å²) in [4.78, 5) is 11.0. The molecule has 0 saturated heterocycles.